The van der Waals surface area contributed by atoms with E-state index in [0.29, 0.717) is 25.2 Å². The molecule has 0 radical (unpaired) electrons. The molecule has 2 saturated carbocycles. The molecule has 2 aliphatic rings. The Morgan fingerprint density at radius 3 is 2.37 bits per heavy atom. The maximum Gasteiger partial charge on any atom is 0.416 e. The molecule has 0 aliphatic heterocycles. The predicted octanol–water partition coefficient (Wildman–Crippen LogP) is 4.28. The number of alkyl halides is 3. The number of amides is 1. The summed E-state index contributed by atoms with van der Waals surface area (Å²) in [5.74, 6) is -0.318. The van der Waals surface area contributed by atoms with Crippen molar-refractivity contribution in [2.75, 3.05) is 6.54 Å². The van der Waals surface area contributed by atoms with Crippen LogP contribution in [0, 0.1) is 11.8 Å². The van der Waals surface area contributed by atoms with Crippen molar-refractivity contribution in [3.63, 3.8) is 0 Å². The minimum Gasteiger partial charge on any atom is -0.328 e. The van der Waals surface area contributed by atoms with Crippen molar-refractivity contribution in [1.82, 2.24) is 29.6 Å². The first kappa shape index (κ1) is 23.1. The van der Waals surface area contributed by atoms with Crippen LogP contribution in [0.2, 0.25) is 0 Å². The molecule has 2 heterocycles. The molecule has 11 heteroatoms. The number of hydrogen-bond acceptors (Lipinski definition) is 6. The molecule has 2 aliphatic carbocycles. The van der Waals surface area contributed by atoms with Crippen LogP contribution in [0.1, 0.15) is 70.8 Å². The van der Waals surface area contributed by atoms with Gasteiger partial charge in [-0.3, -0.25) is 9.59 Å². The van der Waals surface area contributed by atoms with Crippen molar-refractivity contribution >= 4 is 11.7 Å². The van der Waals surface area contributed by atoms with Gasteiger partial charge in [0.1, 0.15) is 6.33 Å². The second-order valence-electron chi connectivity index (χ2n) is 9.09. The van der Waals surface area contributed by atoms with E-state index in [1.165, 1.54) is 22.0 Å². The van der Waals surface area contributed by atoms with E-state index < -0.39 is 23.7 Å². The van der Waals surface area contributed by atoms with Gasteiger partial charge in [0.15, 0.2) is 11.6 Å². The first-order valence-corrected chi connectivity index (χ1v) is 11.5. The average molecular weight is 484 g/mol. The zero-order chi connectivity index (χ0) is 24.7. The number of carbonyl (C=O) groups excluding carboxylic acids is 2. The third-order valence-corrected chi connectivity index (χ3v) is 6.31. The van der Waals surface area contributed by atoms with Gasteiger partial charge in [-0.1, -0.05) is 0 Å². The minimum atomic E-state index is -4.69. The van der Waals surface area contributed by atoms with Gasteiger partial charge in [-0.2, -0.15) is 23.0 Å². The molecular weight excluding hydrogens is 461 g/mol. The van der Waals surface area contributed by atoms with Crippen LogP contribution in [-0.4, -0.2) is 47.9 Å². The molecule has 8 nitrogen and oxygen atoms in total. The van der Waals surface area contributed by atoms with E-state index in [4.69, 9.17) is 0 Å². The van der Waals surface area contributed by atoms with Gasteiger partial charge >= 0.3 is 6.18 Å². The Morgan fingerprint density at radius 1 is 1.06 bits per heavy atom. The lowest BCUT2D eigenvalue weighted by molar-refractivity contribution is -0.137. The van der Waals surface area contributed by atoms with Crippen molar-refractivity contribution in [3.05, 3.63) is 65.5 Å². The monoisotopic (exact) mass is 484 g/mol. The highest BCUT2D eigenvalue weighted by Crippen LogP contribution is 2.37. The molecule has 3 aromatic rings. The molecular formula is C24H23F3N6O2. The van der Waals surface area contributed by atoms with E-state index in [1.807, 2.05) is 0 Å². The van der Waals surface area contributed by atoms with Gasteiger partial charge in [0.2, 0.25) is 0 Å². The quantitative estimate of drug-likeness (QED) is 0.443. The fourth-order valence-corrected chi connectivity index (χ4v) is 4.03. The van der Waals surface area contributed by atoms with Crippen LogP contribution in [-0.2, 0) is 6.18 Å². The Hall–Kier alpha value is -3.63. The lowest BCUT2D eigenvalue weighted by Gasteiger charge is -2.29. The second-order valence-corrected chi connectivity index (χ2v) is 9.09. The van der Waals surface area contributed by atoms with Gasteiger partial charge in [0, 0.05) is 36.0 Å². The Bertz CT molecular complexity index is 1250. The molecule has 1 aromatic carbocycles. The van der Waals surface area contributed by atoms with Gasteiger partial charge in [0.05, 0.1) is 11.6 Å². The highest BCUT2D eigenvalue weighted by Gasteiger charge is 2.38. The summed E-state index contributed by atoms with van der Waals surface area (Å²) in [5.41, 5.74) is -1.25. The van der Waals surface area contributed by atoms with E-state index >= 15 is 0 Å². The molecule has 5 rings (SSSR count). The maximum atomic E-state index is 13.7. The molecule has 1 unspecified atom stereocenters. The van der Waals surface area contributed by atoms with Gasteiger partial charge < -0.3 is 4.90 Å². The number of rotatable bonds is 8. The number of carbonyl (C=O) groups is 2. The van der Waals surface area contributed by atoms with E-state index in [2.05, 4.69) is 20.1 Å². The Balaban J connectivity index is 1.52. The Labute approximate surface area is 199 Å². The summed E-state index contributed by atoms with van der Waals surface area (Å²) in [6.45, 7) is 2.10. The predicted molar refractivity (Wildman–Crippen MR) is 118 cm³/mol. The van der Waals surface area contributed by atoms with Crippen molar-refractivity contribution < 1.29 is 22.8 Å². The van der Waals surface area contributed by atoms with E-state index in [9.17, 15) is 22.8 Å². The fourth-order valence-electron chi connectivity index (χ4n) is 4.03. The number of hydrogen-bond donors (Lipinski definition) is 0. The molecule has 0 saturated heterocycles. The second kappa shape index (κ2) is 8.86. The van der Waals surface area contributed by atoms with E-state index in [0.717, 1.165) is 25.0 Å². The molecule has 35 heavy (non-hydrogen) atoms. The summed E-state index contributed by atoms with van der Waals surface area (Å²) >= 11 is 0. The highest BCUT2D eigenvalue weighted by molar-refractivity contribution is 6.03. The standard InChI is InChI=1S/C24H23F3N6O2/c1-14(21-30-13-31-33(21)23-28-7-2-8-29-23)32(12-15-3-4-15)22(35)18-9-17(20(34)16-5-6-16)10-19(11-18)24(25,26)27/h2,7-11,13-16H,3-6,12H2,1H3. The van der Waals surface area contributed by atoms with Crippen molar-refractivity contribution in [3.8, 4) is 5.95 Å². The average Bonchev–Trinajstić information content (AvgIpc) is 3.79. The molecule has 1 atom stereocenters. The van der Waals surface area contributed by atoms with Gasteiger partial charge in [-0.05, 0) is 62.8 Å². The van der Waals surface area contributed by atoms with Crippen molar-refractivity contribution in [1.29, 1.82) is 0 Å². The van der Waals surface area contributed by atoms with Crippen LogP contribution < -0.4 is 0 Å². The summed E-state index contributed by atoms with van der Waals surface area (Å²) in [4.78, 5) is 40.5. The summed E-state index contributed by atoms with van der Waals surface area (Å²) in [6, 6.07) is 3.97. The number of benzene rings is 1. The van der Waals surface area contributed by atoms with Gasteiger partial charge in [-0.15, -0.1) is 0 Å². The van der Waals surface area contributed by atoms with Crippen molar-refractivity contribution in [2.45, 2.75) is 44.8 Å². The smallest absolute Gasteiger partial charge is 0.328 e. The van der Waals surface area contributed by atoms with Crippen LogP contribution in [0.5, 0.6) is 0 Å². The lowest BCUT2D eigenvalue weighted by atomic mass is 9.99. The molecule has 2 fully saturated rings. The zero-order valence-electron chi connectivity index (χ0n) is 18.9. The Kier molecular flexibility index (Phi) is 5.86. The minimum absolute atomic E-state index is 0.0782. The third-order valence-electron chi connectivity index (χ3n) is 6.31. The van der Waals surface area contributed by atoms with E-state index in [1.54, 1.807) is 25.4 Å². The largest absolute Gasteiger partial charge is 0.416 e. The van der Waals surface area contributed by atoms with Crippen LogP contribution >= 0.6 is 0 Å². The van der Waals surface area contributed by atoms with Crippen LogP contribution in [0.25, 0.3) is 5.95 Å². The first-order valence-electron chi connectivity index (χ1n) is 11.5. The SMILES string of the molecule is CC(c1ncnn1-c1ncccn1)N(CC1CC1)C(=O)c1cc(C(=O)C2CC2)cc(C(F)(F)F)c1. The first-order chi connectivity index (χ1) is 16.7. The molecule has 0 bridgehead atoms. The van der Waals surface area contributed by atoms with Crippen LogP contribution in [0.3, 0.4) is 0 Å². The number of nitrogens with zero attached hydrogens (tertiary/aromatic N) is 6. The topological polar surface area (TPSA) is 93.9 Å². The molecule has 0 spiro atoms. The van der Waals surface area contributed by atoms with Gasteiger partial charge in [-0.25, -0.2) is 15.0 Å². The maximum absolute atomic E-state index is 13.7. The summed E-state index contributed by atoms with van der Waals surface area (Å²) in [7, 11) is 0. The van der Waals surface area contributed by atoms with Gasteiger partial charge in [0.25, 0.3) is 11.9 Å². The molecule has 0 N–H and O–H groups in total. The molecule has 182 valence electrons. The summed E-state index contributed by atoms with van der Waals surface area (Å²) < 4.78 is 42.4. The number of ketones is 1. The van der Waals surface area contributed by atoms with Crippen LogP contribution in [0.4, 0.5) is 13.2 Å². The van der Waals surface area contributed by atoms with Crippen molar-refractivity contribution in [2.24, 2.45) is 11.8 Å². The molecule has 2 aromatic heterocycles. The number of aromatic nitrogens is 5. The van der Waals surface area contributed by atoms with Crippen LogP contribution in [0.15, 0.2) is 43.0 Å². The van der Waals surface area contributed by atoms with E-state index in [-0.39, 0.29) is 34.7 Å². The highest BCUT2D eigenvalue weighted by atomic mass is 19.4. The zero-order valence-corrected chi connectivity index (χ0v) is 18.9. The summed E-state index contributed by atoms with van der Waals surface area (Å²) in [5, 5.41) is 4.18. The number of Topliss-reactive ketones (excluding diaryl/α,β-unsaturated/α-hetero) is 1. The normalized spacial score (nSPS) is 16.7. The Morgan fingerprint density at radius 2 is 1.74 bits per heavy atom. The molecule has 1 amide bonds. The number of halogens is 3. The summed E-state index contributed by atoms with van der Waals surface area (Å²) in [6.07, 6.45) is 2.89. The lowest BCUT2D eigenvalue weighted by Crippen LogP contribution is -2.37. The fraction of sp³-hybridized carbons (Fsp3) is 0.417. The third kappa shape index (κ3) is 4.94.